The number of rotatable bonds is 4. The second-order valence-electron chi connectivity index (χ2n) is 6.54. The van der Waals surface area contributed by atoms with Crippen LogP contribution in [0, 0.1) is 11.3 Å². The summed E-state index contributed by atoms with van der Waals surface area (Å²) in [5.41, 5.74) is 4.70. The number of piperidine rings is 1. The van der Waals surface area contributed by atoms with Crippen molar-refractivity contribution in [2.45, 2.75) is 33.2 Å². The molecule has 0 spiro atoms. The van der Waals surface area contributed by atoms with Crippen LogP contribution >= 0.6 is 0 Å². The molecule has 0 saturated carbocycles. The van der Waals surface area contributed by atoms with Crippen LogP contribution in [-0.2, 0) is 19.1 Å². The largest absolute Gasteiger partial charge is 0.469 e. The third-order valence-electron chi connectivity index (χ3n) is 3.46. The molecule has 7 nitrogen and oxygen atoms in total. The van der Waals surface area contributed by atoms with Crippen molar-refractivity contribution >= 4 is 17.8 Å². The molecule has 21 heavy (non-hydrogen) atoms. The van der Waals surface area contributed by atoms with E-state index in [1.807, 2.05) is 20.8 Å². The highest BCUT2D eigenvalue weighted by Gasteiger charge is 2.34. The van der Waals surface area contributed by atoms with Crippen molar-refractivity contribution in [2.24, 2.45) is 17.1 Å². The molecule has 2 unspecified atom stereocenters. The Morgan fingerprint density at radius 2 is 1.90 bits per heavy atom. The van der Waals surface area contributed by atoms with Gasteiger partial charge < -0.3 is 15.8 Å². The SMILES string of the molecule is COC(=O)C1CC(NC(=O)C(C)(C)C)CN(CC(N)=O)C1. The van der Waals surface area contributed by atoms with Crippen LogP contribution in [0.4, 0.5) is 0 Å². The molecule has 0 bridgehead atoms. The van der Waals surface area contributed by atoms with Gasteiger partial charge >= 0.3 is 5.97 Å². The first kappa shape index (κ1) is 17.4. The highest BCUT2D eigenvalue weighted by Crippen LogP contribution is 2.20. The van der Waals surface area contributed by atoms with Gasteiger partial charge in [0.1, 0.15) is 0 Å². The highest BCUT2D eigenvalue weighted by atomic mass is 16.5. The second-order valence-corrected chi connectivity index (χ2v) is 6.54. The summed E-state index contributed by atoms with van der Waals surface area (Å²) in [5.74, 6) is -1.24. The first-order valence-electron chi connectivity index (χ1n) is 7.03. The maximum absolute atomic E-state index is 12.1. The minimum absolute atomic E-state index is 0.0649. The van der Waals surface area contributed by atoms with Gasteiger partial charge in [-0.15, -0.1) is 0 Å². The van der Waals surface area contributed by atoms with E-state index in [0.29, 0.717) is 19.5 Å². The van der Waals surface area contributed by atoms with Crippen LogP contribution in [0.3, 0.4) is 0 Å². The zero-order chi connectivity index (χ0) is 16.2. The number of primary amides is 1. The summed E-state index contributed by atoms with van der Waals surface area (Å²) in [5, 5.41) is 2.93. The molecule has 0 radical (unpaired) electrons. The molecular weight excluding hydrogens is 274 g/mol. The average molecular weight is 299 g/mol. The van der Waals surface area contributed by atoms with Crippen molar-refractivity contribution in [3.8, 4) is 0 Å². The van der Waals surface area contributed by atoms with Crippen molar-refractivity contribution in [3.05, 3.63) is 0 Å². The number of ether oxygens (including phenoxy) is 1. The zero-order valence-corrected chi connectivity index (χ0v) is 13.1. The molecule has 1 aliphatic heterocycles. The van der Waals surface area contributed by atoms with E-state index in [-0.39, 0.29) is 30.4 Å². The number of hydrogen-bond donors (Lipinski definition) is 2. The normalized spacial score (nSPS) is 23.4. The molecule has 1 rings (SSSR count). The molecule has 2 amide bonds. The fourth-order valence-corrected chi connectivity index (χ4v) is 2.38. The molecule has 0 aliphatic carbocycles. The Hall–Kier alpha value is -1.63. The summed E-state index contributed by atoms with van der Waals surface area (Å²) >= 11 is 0. The molecule has 120 valence electrons. The van der Waals surface area contributed by atoms with Gasteiger partial charge in [0.25, 0.3) is 0 Å². The van der Waals surface area contributed by atoms with E-state index in [9.17, 15) is 14.4 Å². The number of methoxy groups -OCH3 is 1. The third kappa shape index (κ3) is 5.34. The third-order valence-corrected chi connectivity index (χ3v) is 3.46. The summed E-state index contributed by atoms with van der Waals surface area (Å²) in [7, 11) is 1.33. The second kappa shape index (κ2) is 6.89. The molecule has 1 fully saturated rings. The van der Waals surface area contributed by atoms with Crippen LogP contribution in [0.2, 0.25) is 0 Å². The Morgan fingerprint density at radius 1 is 1.29 bits per heavy atom. The van der Waals surface area contributed by atoms with Crippen LogP contribution in [0.5, 0.6) is 0 Å². The lowest BCUT2D eigenvalue weighted by atomic mass is 9.91. The van der Waals surface area contributed by atoms with E-state index in [1.54, 1.807) is 4.90 Å². The topological polar surface area (TPSA) is 102 Å². The minimum atomic E-state index is -0.507. The minimum Gasteiger partial charge on any atom is -0.469 e. The summed E-state index contributed by atoms with van der Waals surface area (Å²) in [6.45, 7) is 6.45. The Morgan fingerprint density at radius 3 is 2.38 bits per heavy atom. The van der Waals surface area contributed by atoms with Gasteiger partial charge in [-0.05, 0) is 6.42 Å². The highest BCUT2D eigenvalue weighted by molar-refractivity contribution is 5.82. The van der Waals surface area contributed by atoms with E-state index in [0.717, 1.165) is 0 Å². The van der Waals surface area contributed by atoms with Gasteiger partial charge in [-0.3, -0.25) is 19.3 Å². The van der Waals surface area contributed by atoms with Gasteiger partial charge in [0, 0.05) is 24.5 Å². The van der Waals surface area contributed by atoms with Crippen LogP contribution in [0.15, 0.2) is 0 Å². The first-order valence-corrected chi connectivity index (χ1v) is 7.03. The number of hydrogen-bond acceptors (Lipinski definition) is 5. The van der Waals surface area contributed by atoms with Crippen molar-refractivity contribution in [3.63, 3.8) is 0 Å². The zero-order valence-electron chi connectivity index (χ0n) is 13.1. The van der Waals surface area contributed by atoms with Crippen LogP contribution in [0.25, 0.3) is 0 Å². The number of amides is 2. The van der Waals surface area contributed by atoms with E-state index in [2.05, 4.69) is 5.32 Å². The lowest BCUT2D eigenvalue weighted by Gasteiger charge is -2.37. The van der Waals surface area contributed by atoms with Gasteiger partial charge in [-0.25, -0.2) is 0 Å². The number of carbonyl (C=O) groups excluding carboxylic acids is 3. The van der Waals surface area contributed by atoms with Crippen LogP contribution < -0.4 is 11.1 Å². The number of nitrogens with one attached hydrogen (secondary N) is 1. The molecular formula is C14H25N3O4. The molecule has 2 atom stereocenters. The Balaban J connectivity index is 2.75. The van der Waals surface area contributed by atoms with Crippen molar-refractivity contribution in [1.82, 2.24) is 10.2 Å². The monoisotopic (exact) mass is 299 g/mol. The average Bonchev–Trinajstić information content (AvgIpc) is 2.35. The molecule has 1 heterocycles. The maximum atomic E-state index is 12.1. The molecule has 1 saturated heterocycles. The van der Waals surface area contributed by atoms with Gasteiger partial charge in [0.15, 0.2) is 0 Å². The molecule has 3 N–H and O–H groups in total. The molecule has 1 aliphatic rings. The van der Waals surface area contributed by atoms with Crippen molar-refractivity contribution in [1.29, 1.82) is 0 Å². The Labute approximate surface area is 125 Å². The lowest BCUT2D eigenvalue weighted by molar-refractivity contribution is -0.148. The maximum Gasteiger partial charge on any atom is 0.310 e. The molecule has 7 heteroatoms. The fourth-order valence-electron chi connectivity index (χ4n) is 2.38. The summed E-state index contributed by atoms with van der Waals surface area (Å²) in [6, 6.07) is -0.200. The quantitative estimate of drug-likeness (QED) is 0.681. The van der Waals surface area contributed by atoms with Crippen molar-refractivity contribution in [2.75, 3.05) is 26.7 Å². The predicted octanol–water partition coefficient (Wildman–Crippen LogP) is -0.502. The van der Waals surface area contributed by atoms with Crippen molar-refractivity contribution < 1.29 is 19.1 Å². The Kier molecular flexibility index (Phi) is 5.71. The number of carbonyl (C=O) groups is 3. The molecule has 0 aromatic carbocycles. The van der Waals surface area contributed by atoms with Gasteiger partial charge in [-0.1, -0.05) is 20.8 Å². The van der Waals surface area contributed by atoms with Gasteiger partial charge in [0.2, 0.25) is 11.8 Å². The summed E-state index contributed by atoms with van der Waals surface area (Å²) in [4.78, 5) is 36.7. The van der Waals surface area contributed by atoms with E-state index in [4.69, 9.17) is 10.5 Å². The van der Waals surface area contributed by atoms with E-state index >= 15 is 0 Å². The number of nitrogens with zero attached hydrogens (tertiary/aromatic N) is 1. The van der Waals surface area contributed by atoms with Gasteiger partial charge in [-0.2, -0.15) is 0 Å². The smallest absolute Gasteiger partial charge is 0.310 e. The standard InChI is InChI=1S/C14H25N3O4/c1-14(2,3)13(20)16-10-5-9(12(19)21-4)6-17(7-10)8-11(15)18/h9-10H,5-8H2,1-4H3,(H2,15,18)(H,16,20). The first-order chi connectivity index (χ1) is 9.63. The van der Waals surface area contributed by atoms with E-state index < -0.39 is 11.3 Å². The summed E-state index contributed by atoms with van der Waals surface area (Å²) in [6.07, 6.45) is 0.504. The van der Waals surface area contributed by atoms with Crippen LogP contribution in [0.1, 0.15) is 27.2 Å². The number of nitrogens with two attached hydrogens (primary N) is 1. The predicted molar refractivity (Wildman–Crippen MR) is 77.1 cm³/mol. The van der Waals surface area contributed by atoms with Crippen LogP contribution in [-0.4, -0.2) is 55.5 Å². The Bertz CT molecular complexity index is 417. The fraction of sp³-hybridized carbons (Fsp3) is 0.786. The summed E-state index contributed by atoms with van der Waals surface area (Å²) < 4.78 is 4.77. The number of esters is 1. The molecule has 0 aromatic rings. The van der Waals surface area contributed by atoms with Gasteiger partial charge in [0.05, 0.1) is 19.6 Å². The number of likely N-dealkylation sites (tertiary alicyclic amines) is 1. The molecule has 0 aromatic heterocycles. The van der Waals surface area contributed by atoms with E-state index in [1.165, 1.54) is 7.11 Å². The lowest BCUT2D eigenvalue weighted by Crippen LogP contribution is -2.55.